The van der Waals surface area contributed by atoms with Gasteiger partial charge in [-0.05, 0) is 103 Å². The Morgan fingerprint density at radius 1 is 0.396 bits per heavy atom. The largest absolute Gasteiger partial charge is 0.386 e. The van der Waals surface area contributed by atoms with Crippen LogP contribution in [0.5, 0.6) is 0 Å². The molecule has 9 rings (SSSR count). The van der Waals surface area contributed by atoms with Crippen LogP contribution in [0.15, 0.2) is 84.9 Å². The number of benzene rings is 7. The number of fused-ring (bicyclic) bond motifs is 2. The van der Waals surface area contributed by atoms with Crippen molar-refractivity contribution in [2.24, 2.45) is 0 Å². The molecule has 0 aromatic heterocycles. The van der Waals surface area contributed by atoms with Crippen LogP contribution in [0.3, 0.4) is 0 Å². The minimum atomic E-state index is -0.862. The number of rotatable bonds is 4. The number of nitro groups is 2. The van der Waals surface area contributed by atoms with Crippen LogP contribution in [0, 0.1) is 20.2 Å². The molecule has 2 aliphatic heterocycles. The molecule has 7 aromatic carbocycles. The first kappa shape index (κ1) is 27.2. The zero-order valence-corrected chi connectivity index (χ0v) is 24.1. The van der Waals surface area contributed by atoms with Crippen molar-refractivity contribution in [2.75, 3.05) is 0 Å². The lowest BCUT2D eigenvalue weighted by Crippen LogP contribution is -2.21. The van der Waals surface area contributed by atoms with Crippen LogP contribution in [0.2, 0.25) is 0 Å². The maximum Gasteiger partial charge on any atom is 0.346 e. The van der Waals surface area contributed by atoms with Crippen LogP contribution in [0.4, 0.5) is 11.4 Å². The molecule has 0 aliphatic carbocycles. The van der Waals surface area contributed by atoms with E-state index in [4.69, 9.17) is 9.47 Å². The Kier molecular flexibility index (Phi) is 5.24. The third kappa shape index (κ3) is 3.47. The molecule has 0 saturated carbocycles. The van der Waals surface area contributed by atoms with Crippen LogP contribution in [-0.2, 0) is 9.47 Å². The Labute approximate surface area is 266 Å². The third-order valence-corrected chi connectivity index (χ3v) is 9.13. The summed E-state index contributed by atoms with van der Waals surface area (Å²) in [7, 11) is 0. The summed E-state index contributed by atoms with van der Waals surface area (Å²) in [4.78, 5) is 74.5. The Bertz CT molecular complexity index is 2540. The number of hydrogen-bond donors (Lipinski definition) is 0. The normalized spacial score (nSPS) is 13.8. The molecule has 0 radical (unpaired) electrons. The Hall–Kier alpha value is -7.08. The topological polar surface area (TPSA) is 173 Å². The molecule has 0 fully saturated rings. The van der Waals surface area contributed by atoms with Gasteiger partial charge in [0.05, 0.1) is 32.1 Å². The fraction of sp³-hybridized carbons (Fsp3) is 0. The molecule has 0 atom stereocenters. The van der Waals surface area contributed by atoms with E-state index in [1.54, 1.807) is 60.7 Å². The summed E-state index contributed by atoms with van der Waals surface area (Å²) >= 11 is 0. The summed E-state index contributed by atoms with van der Waals surface area (Å²) < 4.78 is 10.2. The van der Waals surface area contributed by atoms with Gasteiger partial charge in [0, 0.05) is 35.0 Å². The maximum absolute atomic E-state index is 13.3. The zero-order chi connectivity index (χ0) is 33.2. The molecular weight excluding hydrogens is 620 g/mol. The second kappa shape index (κ2) is 9.23. The number of non-ortho nitro benzene ring substituents is 2. The van der Waals surface area contributed by atoms with Crippen LogP contribution < -0.4 is 0 Å². The van der Waals surface area contributed by atoms with Gasteiger partial charge in [0.2, 0.25) is 0 Å². The third-order valence-electron chi connectivity index (χ3n) is 9.13. The molecule has 0 bridgehead atoms. The van der Waals surface area contributed by atoms with Crippen molar-refractivity contribution < 1.29 is 38.5 Å². The number of cyclic esters (lactones) is 4. The Morgan fingerprint density at radius 2 is 0.750 bits per heavy atom. The predicted octanol–water partition coefficient (Wildman–Crippen LogP) is 7.51. The van der Waals surface area contributed by atoms with Gasteiger partial charge >= 0.3 is 23.9 Å². The summed E-state index contributed by atoms with van der Waals surface area (Å²) in [6.07, 6.45) is 0. The van der Waals surface area contributed by atoms with E-state index in [-0.39, 0.29) is 33.6 Å². The van der Waals surface area contributed by atoms with Crippen molar-refractivity contribution in [1.29, 1.82) is 0 Å². The first-order valence-electron chi connectivity index (χ1n) is 14.4. The van der Waals surface area contributed by atoms with E-state index >= 15 is 0 Å². The lowest BCUT2D eigenvalue weighted by Gasteiger charge is -2.26. The molecule has 0 amide bonds. The maximum atomic E-state index is 13.3. The van der Waals surface area contributed by atoms with E-state index in [1.807, 2.05) is 0 Å². The van der Waals surface area contributed by atoms with E-state index in [1.165, 1.54) is 24.3 Å². The van der Waals surface area contributed by atoms with E-state index < -0.39 is 33.7 Å². The first-order valence-corrected chi connectivity index (χ1v) is 14.4. The summed E-state index contributed by atoms with van der Waals surface area (Å²) in [5.41, 5.74) is 2.28. The minimum absolute atomic E-state index is 0.114. The summed E-state index contributed by atoms with van der Waals surface area (Å²) in [5, 5.41) is 26.9. The van der Waals surface area contributed by atoms with Crippen LogP contribution in [0.25, 0.3) is 65.3 Å². The molecule has 0 N–H and O–H groups in total. The van der Waals surface area contributed by atoms with Crippen molar-refractivity contribution in [3.8, 4) is 22.3 Å². The van der Waals surface area contributed by atoms with Gasteiger partial charge < -0.3 is 9.47 Å². The summed E-state index contributed by atoms with van der Waals surface area (Å²) in [5.74, 6) is -3.38. The second-order valence-corrected chi connectivity index (χ2v) is 11.5. The second-order valence-electron chi connectivity index (χ2n) is 11.5. The lowest BCUT2D eigenvalue weighted by molar-refractivity contribution is -0.385. The molecule has 2 heterocycles. The van der Waals surface area contributed by atoms with Crippen molar-refractivity contribution >= 4 is 78.3 Å². The Balaban J connectivity index is 1.55. The van der Waals surface area contributed by atoms with Crippen molar-refractivity contribution in [3.63, 3.8) is 0 Å². The number of carbonyl (C=O) groups excluding carboxylic acids is 4. The number of nitrogens with zero attached hydrogens (tertiary/aromatic N) is 2. The highest BCUT2D eigenvalue weighted by Crippen LogP contribution is 2.51. The molecule has 12 heteroatoms. The molecule has 0 unspecified atom stereocenters. The standard InChI is InChI=1S/C36H14N2O10/c39-33-21-12-10-20-28-24(16-3-7-18(8-4-16)38(45)46)14-26-30-22(34(40)48-36(26)42)11-9-19(32(28)30)27-23(15-1-5-17(6-2-15)37(43)44)13-25(35(41)47-33)29(21)31(20)27/h1-14H. The molecule has 0 spiro atoms. The van der Waals surface area contributed by atoms with Crippen LogP contribution in [-0.4, -0.2) is 33.7 Å². The van der Waals surface area contributed by atoms with Crippen molar-refractivity contribution in [3.05, 3.63) is 127 Å². The minimum Gasteiger partial charge on any atom is -0.386 e. The quantitative estimate of drug-likeness (QED) is 0.0471. The van der Waals surface area contributed by atoms with Crippen molar-refractivity contribution in [2.45, 2.75) is 0 Å². The molecule has 0 saturated heterocycles. The highest BCUT2D eigenvalue weighted by atomic mass is 16.6. The van der Waals surface area contributed by atoms with E-state index in [2.05, 4.69) is 0 Å². The van der Waals surface area contributed by atoms with Crippen LogP contribution in [0.1, 0.15) is 41.4 Å². The van der Waals surface area contributed by atoms with Gasteiger partial charge in [-0.15, -0.1) is 0 Å². The van der Waals surface area contributed by atoms with Crippen molar-refractivity contribution in [1.82, 2.24) is 0 Å². The molecule has 48 heavy (non-hydrogen) atoms. The molecular formula is C36H14N2O10. The fourth-order valence-corrected chi connectivity index (χ4v) is 7.14. The van der Waals surface area contributed by atoms with Crippen LogP contribution >= 0.6 is 0 Å². The predicted molar refractivity (Wildman–Crippen MR) is 171 cm³/mol. The number of esters is 4. The van der Waals surface area contributed by atoms with Gasteiger partial charge in [0.25, 0.3) is 11.4 Å². The van der Waals surface area contributed by atoms with Gasteiger partial charge in [-0.3, -0.25) is 20.2 Å². The van der Waals surface area contributed by atoms with E-state index in [0.717, 1.165) is 0 Å². The average molecular weight is 635 g/mol. The Morgan fingerprint density at radius 3 is 1.10 bits per heavy atom. The molecule has 7 aromatic rings. The number of nitro benzene ring substituents is 2. The monoisotopic (exact) mass is 634 g/mol. The smallest absolute Gasteiger partial charge is 0.346 e. The lowest BCUT2D eigenvalue weighted by atomic mass is 9.79. The summed E-state index contributed by atoms with van der Waals surface area (Å²) in [6, 6.07) is 21.2. The van der Waals surface area contributed by atoms with Gasteiger partial charge in [0.15, 0.2) is 0 Å². The first-order chi connectivity index (χ1) is 23.1. The molecule has 228 valence electrons. The fourth-order valence-electron chi connectivity index (χ4n) is 7.14. The summed E-state index contributed by atoms with van der Waals surface area (Å²) in [6.45, 7) is 0. The zero-order valence-electron chi connectivity index (χ0n) is 24.1. The molecule has 2 aliphatic rings. The van der Waals surface area contributed by atoms with E-state index in [0.29, 0.717) is 65.3 Å². The van der Waals surface area contributed by atoms with E-state index in [9.17, 15) is 39.4 Å². The van der Waals surface area contributed by atoms with Gasteiger partial charge in [-0.25, -0.2) is 19.2 Å². The average Bonchev–Trinajstić information content (AvgIpc) is 3.08. The number of ether oxygens (including phenoxy) is 2. The highest BCUT2D eigenvalue weighted by molar-refractivity contribution is 6.43. The van der Waals surface area contributed by atoms with Gasteiger partial charge in [-0.2, -0.15) is 0 Å². The highest BCUT2D eigenvalue weighted by Gasteiger charge is 2.35. The number of hydrogen-bond acceptors (Lipinski definition) is 10. The van der Waals surface area contributed by atoms with Gasteiger partial charge in [0.1, 0.15) is 0 Å². The van der Waals surface area contributed by atoms with Gasteiger partial charge in [-0.1, -0.05) is 12.1 Å². The number of carbonyl (C=O) groups is 4. The SMILES string of the molecule is O=C1OC(=O)c2cc(-c3ccc([N+](=O)[O-])cc3)c3c4ccc5c6c(cc(-c7ccc([N+](=O)[O-])cc7)c(c7ccc1c2c73)c64)C(=O)OC5=O. The molecule has 12 nitrogen and oxygen atoms in total.